The van der Waals surface area contributed by atoms with Crippen molar-refractivity contribution in [1.29, 1.82) is 0 Å². The van der Waals surface area contributed by atoms with Gasteiger partial charge in [0.15, 0.2) is 5.96 Å². The second-order valence-electron chi connectivity index (χ2n) is 8.74. The van der Waals surface area contributed by atoms with E-state index in [1.807, 2.05) is 12.1 Å². The van der Waals surface area contributed by atoms with E-state index >= 15 is 0 Å². The van der Waals surface area contributed by atoms with Crippen molar-refractivity contribution >= 4 is 5.96 Å². The van der Waals surface area contributed by atoms with Crippen LogP contribution >= 0.6 is 0 Å². The van der Waals surface area contributed by atoms with Crippen LogP contribution in [0.25, 0.3) is 0 Å². The first-order valence-corrected chi connectivity index (χ1v) is 11.9. The van der Waals surface area contributed by atoms with Crippen LogP contribution in [0.5, 0.6) is 5.75 Å². The van der Waals surface area contributed by atoms with Crippen molar-refractivity contribution < 1.29 is 9.47 Å². The molecule has 2 aliphatic heterocycles. The first-order chi connectivity index (χ1) is 15.7. The van der Waals surface area contributed by atoms with E-state index in [0.29, 0.717) is 13.2 Å². The highest BCUT2D eigenvalue weighted by molar-refractivity contribution is 5.80. The Morgan fingerprint density at radius 1 is 1.06 bits per heavy atom. The summed E-state index contributed by atoms with van der Waals surface area (Å²) in [6, 6.07) is 19.3. The Kier molecular flexibility index (Phi) is 7.66. The average molecular weight is 437 g/mol. The molecule has 2 heterocycles. The monoisotopic (exact) mass is 436 g/mol. The average Bonchev–Trinajstić information content (AvgIpc) is 2.84. The lowest BCUT2D eigenvalue weighted by atomic mass is 9.88. The Morgan fingerprint density at radius 3 is 2.59 bits per heavy atom. The molecule has 32 heavy (non-hydrogen) atoms. The SMILES string of the molecule is CCNC(=NCC1(NC(C)c2ccccc2)CCOCC1)NC1CCOc2ccccc21. The molecule has 2 unspecified atom stereocenters. The van der Waals surface area contributed by atoms with Crippen molar-refractivity contribution in [3.05, 3.63) is 65.7 Å². The third-order valence-corrected chi connectivity index (χ3v) is 6.43. The predicted octanol–water partition coefficient (Wildman–Crippen LogP) is 3.97. The summed E-state index contributed by atoms with van der Waals surface area (Å²) in [6.45, 7) is 8.11. The number of rotatable bonds is 7. The molecule has 2 aliphatic rings. The van der Waals surface area contributed by atoms with Crippen LogP contribution < -0.4 is 20.7 Å². The number of fused-ring (bicyclic) bond motifs is 1. The fourth-order valence-electron chi connectivity index (χ4n) is 4.60. The molecular weight excluding hydrogens is 400 g/mol. The van der Waals surface area contributed by atoms with Gasteiger partial charge in [-0.05, 0) is 38.3 Å². The fourth-order valence-corrected chi connectivity index (χ4v) is 4.60. The van der Waals surface area contributed by atoms with Gasteiger partial charge in [-0.25, -0.2) is 0 Å². The maximum absolute atomic E-state index is 5.83. The van der Waals surface area contributed by atoms with E-state index in [0.717, 1.165) is 50.7 Å². The number of nitrogens with zero attached hydrogens (tertiary/aromatic N) is 1. The molecule has 2 aromatic rings. The number of aliphatic imine (C=N–C) groups is 1. The van der Waals surface area contributed by atoms with Gasteiger partial charge in [-0.1, -0.05) is 48.5 Å². The zero-order valence-electron chi connectivity index (χ0n) is 19.3. The van der Waals surface area contributed by atoms with Gasteiger partial charge in [-0.3, -0.25) is 4.99 Å². The van der Waals surface area contributed by atoms with Gasteiger partial charge >= 0.3 is 0 Å². The fraction of sp³-hybridized carbons (Fsp3) is 0.500. The molecule has 1 fully saturated rings. The van der Waals surface area contributed by atoms with Crippen LogP contribution in [-0.4, -0.2) is 44.4 Å². The van der Waals surface area contributed by atoms with Gasteiger partial charge in [0.05, 0.1) is 19.2 Å². The largest absolute Gasteiger partial charge is 0.493 e. The quantitative estimate of drug-likeness (QED) is 0.453. The molecule has 0 radical (unpaired) electrons. The summed E-state index contributed by atoms with van der Waals surface area (Å²) in [7, 11) is 0. The Morgan fingerprint density at radius 2 is 1.81 bits per heavy atom. The number of benzene rings is 2. The predicted molar refractivity (Wildman–Crippen MR) is 129 cm³/mol. The van der Waals surface area contributed by atoms with Crippen molar-refractivity contribution in [2.75, 3.05) is 32.9 Å². The first-order valence-electron chi connectivity index (χ1n) is 11.9. The maximum atomic E-state index is 5.83. The van der Waals surface area contributed by atoms with Gasteiger partial charge < -0.3 is 25.4 Å². The highest BCUT2D eigenvalue weighted by Crippen LogP contribution is 2.31. The van der Waals surface area contributed by atoms with Crippen LogP contribution in [0.2, 0.25) is 0 Å². The summed E-state index contributed by atoms with van der Waals surface area (Å²) < 4.78 is 11.5. The number of nitrogens with one attached hydrogen (secondary N) is 3. The van der Waals surface area contributed by atoms with Crippen molar-refractivity contribution in [1.82, 2.24) is 16.0 Å². The summed E-state index contributed by atoms with van der Waals surface area (Å²) in [5.41, 5.74) is 2.41. The molecule has 172 valence electrons. The Balaban J connectivity index is 1.49. The lowest BCUT2D eigenvalue weighted by Crippen LogP contribution is -2.53. The number of para-hydroxylation sites is 1. The molecular formula is C26H36N4O2. The Bertz CT molecular complexity index is 880. The summed E-state index contributed by atoms with van der Waals surface area (Å²) >= 11 is 0. The van der Waals surface area contributed by atoms with Gasteiger partial charge in [0.25, 0.3) is 0 Å². The van der Waals surface area contributed by atoms with Crippen LogP contribution in [0.4, 0.5) is 0 Å². The van der Waals surface area contributed by atoms with Crippen molar-refractivity contribution in [2.24, 2.45) is 4.99 Å². The van der Waals surface area contributed by atoms with Crippen molar-refractivity contribution in [2.45, 2.75) is 50.7 Å². The van der Waals surface area contributed by atoms with Crippen LogP contribution in [0, 0.1) is 0 Å². The third kappa shape index (κ3) is 5.61. The molecule has 2 aromatic carbocycles. The van der Waals surface area contributed by atoms with Gasteiger partial charge in [0.2, 0.25) is 0 Å². The molecule has 0 saturated carbocycles. The molecule has 6 heteroatoms. The summed E-state index contributed by atoms with van der Waals surface area (Å²) in [6.07, 6.45) is 2.82. The van der Waals surface area contributed by atoms with E-state index in [2.05, 4.69) is 72.3 Å². The van der Waals surface area contributed by atoms with E-state index in [1.54, 1.807) is 0 Å². The van der Waals surface area contributed by atoms with Crippen molar-refractivity contribution in [3.63, 3.8) is 0 Å². The maximum Gasteiger partial charge on any atom is 0.191 e. The Labute approximate surface area is 191 Å². The van der Waals surface area contributed by atoms with Gasteiger partial charge in [-0.2, -0.15) is 0 Å². The van der Waals surface area contributed by atoms with E-state index in [-0.39, 0.29) is 17.6 Å². The molecule has 0 aliphatic carbocycles. The van der Waals surface area contributed by atoms with E-state index in [4.69, 9.17) is 14.5 Å². The third-order valence-electron chi connectivity index (χ3n) is 6.43. The molecule has 1 saturated heterocycles. The minimum absolute atomic E-state index is 0.0799. The summed E-state index contributed by atoms with van der Waals surface area (Å²) in [5, 5.41) is 11.0. The second kappa shape index (κ2) is 10.8. The molecule has 4 rings (SSSR count). The minimum atomic E-state index is -0.0799. The summed E-state index contributed by atoms with van der Waals surface area (Å²) in [5.74, 6) is 1.82. The van der Waals surface area contributed by atoms with E-state index in [1.165, 1.54) is 11.1 Å². The number of ether oxygens (including phenoxy) is 2. The zero-order valence-corrected chi connectivity index (χ0v) is 19.3. The lowest BCUT2D eigenvalue weighted by molar-refractivity contribution is 0.0374. The standard InChI is InChI=1S/C26H36N4O2/c1-3-27-25(29-23-13-16-32-24-12-8-7-11-22(23)24)28-19-26(14-17-31-18-15-26)30-20(2)21-9-5-4-6-10-21/h4-12,20,23,30H,3,13-19H2,1-2H3,(H2,27,28,29). The minimum Gasteiger partial charge on any atom is -0.493 e. The van der Waals surface area contributed by atoms with Gasteiger partial charge in [0.1, 0.15) is 5.75 Å². The molecule has 2 atom stereocenters. The number of guanidine groups is 1. The van der Waals surface area contributed by atoms with E-state index in [9.17, 15) is 0 Å². The number of hydrogen-bond acceptors (Lipinski definition) is 4. The second-order valence-corrected chi connectivity index (χ2v) is 8.74. The molecule has 0 aromatic heterocycles. The molecule has 0 bridgehead atoms. The molecule has 0 spiro atoms. The van der Waals surface area contributed by atoms with Crippen LogP contribution in [0.3, 0.4) is 0 Å². The van der Waals surface area contributed by atoms with Crippen LogP contribution in [-0.2, 0) is 4.74 Å². The molecule has 0 amide bonds. The molecule has 3 N–H and O–H groups in total. The van der Waals surface area contributed by atoms with Crippen molar-refractivity contribution in [3.8, 4) is 5.75 Å². The lowest BCUT2D eigenvalue weighted by Gasteiger charge is -2.39. The Hall–Kier alpha value is -2.57. The summed E-state index contributed by atoms with van der Waals surface area (Å²) in [4.78, 5) is 5.06. The normalized spacial score (nSPS) is 21.2. The smallest absolute Gasteiger partial charge is 0.191 e. The topological polar surface area (TPSA) is 66.9 Å². The van der Waals surface area contributed by atoms with Gasteiger partial charge in [0, 0.05) is 43.3 Å². The first kappa shape index (κ1) is 22.6. The highest BCUT2D eigenvalue weighted by Gasteiger charge is 2.34. The van der Waals surface area contributed by atoms with Crippen LogP contribution in [0.15, 0.2) is 59.6 Å². The number of hydrogen-bond donors (Lipinski definition) is 3. The van der Waals surface area contributed by atoms with E-state index < -0.39 is 0 Å². The van der Waals surface area contributed by atoms with Gasteiger partial charge in [-0.15, -0.1) is 0 Å². The highest BCUT2D eigenvalue weighted by atomic mass is 16.5. The molecule has 6 nitrogen and oxygen atoms in total. The van der Waals surface area contributed by atoms with Crippen LogP contribution in [0.1, 0.15) is 56.3 Å². The zero-order chi connectivity index (χ0) is 22.2.